The van der Waals surface area contributed by atoms with Gasteiger partial charge in [-0.2, -0.15) is 0 Å². The normalized spacial score (nSPS) is 9.43. The second-order valence-electron chi connectivity index (χ2n) is 2.61. The molecule has 0 aromatic carbocycles. The number of hydrogen-bond acceptors (Lipinski definition) is 3. The maximum atomic E-state index is 11.3. The van der Waals surface area contributed by atoms with E-state index in [2.05, 4.69) is 10.3 Å². The van der Waals surface area contributed by atoms with Crippen molar-refractivity contribution in [1.29, 1.82) is 0 Å². The van der Waals surface area contributed by atoms with Gasteiger partial charge in [-0.25, -0.2) is 0 Å². The van der Waals surface area contributed by atoms with Crippen LogP contribution in [0, 0.1) is 0 Å². The van der Waals surface area contributed by atoms with Gasteiger partial charge in [-0.05, 0) is 12.1 Å². The number of nitrogens with zero attached hydrogens (tertiary/aromatic N) is 1. The minimum atomic E-state index is -0.939. The molecule has 0 fully saturated rings. The molecule has 0 aliphatic heterocycles. The van der Waals surface area contributed by atoms with Crippen molar-refractivity contribution in [3.05, 3.63) is 30.1 Å². The van der Waals surface area contributed by atoms with Crippen molar-refractivity contribution in [2.45, 2.75) is 6.42 Å². The summed E-state index contributed by atoms with van der Waals surface area (Å²) in [4.78, 5) is 25.2. The molecular weight excluding hydrogens is 184 g/mol. The van der Waals surface area contributed by atoms with Crippen LogP contribution in [0.25, 0.3) is 0 Å². The van der Waals surface area contributed by atoms with Crippen LogP contribution in [0.3, 0.4) is 0 Å². The molecule has 0 saturated carbocycles. The summed E-state index contributed by atoms with van der Waals surface area (Å²) in [7, 11) is 0. The summed E-state index contributed by atoms with van der Waals surface area (Å²) < 4.78 is 0. The average Bonchev–Trinajstić information content (AvgIpc) is 2.18. The van der Waals surface area contributed by atoms with E-state index in [0.717, 1.165) is 0 Å². The van der Waals surface area contributed by atoms with Gasteiger partial charge in [-0.15, -0.1) is 0 Å². The maximum Gasteiger partial charge on any atom is 0.305 e. The van der Waals surface area contributed by atoms with E-state index in [-0.39, 0.29) is 24.6 Å². The highest BCUT2D eigenvalue weighted by Gasteiger charge is 2.05. The van der Waals surface area contributed by atoms with Crippen LogP contribution in [-0.2, 0) is 4.79 Å². The van der Waals surface area contributed by atoms with Crippen LogP contribution >= 0.6 is 0 Å². The molecule has 1 rings (SSSR count). The first kappa shape index (κ1) is 10.2. The lowest BCUT2D eigenvalue weighted by atomic mass is 10.3. The highest BCUT2D eigenvalue weighted by atomic mass is 16.4. The zero-order chi connectivity index (χ0) is 10.4. The molecule has 1 amide bonds. The zero-order valence-electron chi connectivity index (χ0n) is 7.43. The Balaban J connectivity index is 2.40. The smallest absolute Gasteiger partial charge is 0.305 e. The quantitative estimate of drug-likeness (QED) is 0.721. The molecule has 0 atom stereocenters. The molecule has 5 nitrogen and oxygen atoms in total. The second kappa shape index (κ2) is 4.96. The molecule has 0 bridgehead atoms. The van der Waals surface area contributed by atoms with Gasteiger partial charge in [0.15, 0.2) is 0 Å². The molecule has 0 spiro atoms. The highest BCUT2D eigenvalue weighted by Crippen LogP contribution is 1.92. The standard InChI is InChI=1S/C9H10N2O3/c12-8(13)4-6-11-9(14)7-3-1-2-5-10-7/h1-3,5H,4,6H2,(H,11,14)(H,12,13). The minimum Gasteiger partial charge on any atom is -0.481 e. The number of pyridine rings is 1. The molecule has 0 unspecified atom stereocenters. The fraction of sp³-hybridized carbons (Fsp3) is 0.222. The first-order valence-electron chi connectivity index (χ1n) is 4.11. The summed E-state index contributed by atoms with van der Waals surface area (Å²) in [5, 5.41) is 10.8. The van der Waals surface area contributed by atoms with Crippen LogP contribution in [0.1, 0.15) is 16.9 Å². The molecule has 0 aliphatic carbocycles. The summed E-state index contributed by atoms with van der Waals surface area (Å²) in [6.45, 7) is 0.116. The monoisotopic (exact) mass is 194 g/mol. The molecule has 14 heavy (non-hydrogen) atoms. The first-order chi connectivity index (χ1) is 6.70. The van der Waals surface area contributed by atoms with E-state index in [1.807, 2.05) is 0 Å². The van der Waals surface area contributed by atoms with Gasteiger partial charge in [0.25, 0.3) is 5.91 Å². The lowest BCUT2D eigenvalue weighted by Crippen LogP contribution is -2.26. The molecule has 0 saturated heterocycles. The number of aliphatic carboxylic acids is 1. The van der Waals surface area contributed by atoms with E-state index in [0.29, 0.717) is 0 Å². The van der Waals surface area contributed by atoms with Crippen molar-refractivity contribution in [1.82, 2.24) is 10.3 Å². The summed E-state index contributed by atoms with van der Waals surface area (Å²) >= 11 is 0. The molecule has 0 radical (unpaired) electrons. The van der Waals surface area contributed by atoms with E-state index in [1.54, 1.807) is 18.2 Å². The second-order valence-corrected chi connectivity index (χ2v) is 2.61. The van der Waals surface area contributed by atoms with Crippen molar-refractivity contribution in [3.63, 3.8) is 0 Å². The number of hydrogen-bond donors (Lipinski definition) is 2. The third-order valence-corrected chi connectivity index (χ3v) is 1.52. The third kappa shape index (κ3) is 3.22. The van der Waals surface area contributed by atoms with Gasteiger partial charge in [0.05, 0.1) is 6.42 Å². The van der Waals surface area contributed by atoms with E-state index in [4.69, 9.17) is 5.11 Å². The number of nitrogens with one attached hydrogen (secondary N) is 1. The highest BCUT2D eigenvalue weighted by molar-refractivity contribution is 5.92. The summed E-state index contributed by atoms with van der Waals surface area (Å²) in [6.07, 6.45) is 1.42. The largest absolute Gasteiger partial charge is 0.481 e. The van der Waals surface area contributed by atoms with E-state index in [1.165, 1.54) is 6.20 Å². The Morgan fingerprint density at radius 2 is 2.21 bits per heavy atom. The summed E-state index contributed by atoms with van der Waals surface area (Å²) in [6, 6.07) is 4.96. The molecule has 0 aliphatic rings. The SMILES string of the molecule is O=C(O)CCNC(=O)c1ccccn1. The van der Waals surface area contributed by atoms with E-state index < -0.39 is 5.97 Å². The van der Waals surface area contributed by atoms with Gasteiger partial charge in [0, 0.05) is 12.7 Å². The van der Waals surface area contributed by atoms with Crippen LogP contribution in [-0.4, -0.2) is 28.5 Å². The van der Waals surface area contributed by atoms with Gasteiger partial charge in [-0.1, -0.05) is 6.07 Å². The van der Waals surface area contributed by atoms with Gasteiger partial charge < -0.3 is 10.4 Å². The Morgan fingerprint density at radius 1 is 1.43 bits per heavy atom. The number of carboxylic acid groups (broad SMARTS) is 1. The van der Waals surface area contributed by atoms with Gasteiger partial charge in [0.1, 0.15) is 5.69 Å². The van der Waals surface area contributed by atoms with Crippen LogP contribution in [0.2, 0.25) is 0 Å². The number of aromatic nitrogens is 1. The minimum absolute atomic E-state index is 0.0847. The average molecular weight is 194 g/mol. The summed E-state index contributed by atoms with van der Waals surface area (Å²) in [5.41, 5.74) is 0.290. The molecular formula is C9H10N2O3. The van der Waals surface area contributed by atoms with Crippen molar-refractivity contribution >= 4 is 11.9 Å². The predicted octanol–water partition coefficient (Wildman–Crippen LogP) is 0.286. The third-order valence-electron chi connectivity index (χ3n) is 1.52. The van der Waals surface area contributed by atoms with Gasteiger partial charge in [-0.3, -0.25) is 14.6 Å². The maximum absolute atomic E-state index is 11.3. The molecule has 2 N–H and O–H groups in total. The van der Waals surface area contributed by atoms with Crippen LogP contribution in [0.15, 0.2) is 24.4 Å². The lowest BCUT2D eigenvalue weighted by molar-refractivity contribution is -0.136. The van der Waals surface area contributed by atoms with Crippen LogP contribution in [0.4, 0.5) is 0 Å². The number of carbonyl (C=O) groups is 2. The first-order valence-corrected chi connectivity index (χ1v) is 4.11. The number of rotatable bonds is 4. The molecule has 74 valence electrons. The predicted molar refractivity (Wildman–Crippen MR) is 48.8 cm³/mol. The molecule has 1 heterocycles. The Kier molecular flexibility index (Phi) is 3.60. The Labute approximate surface area is 80.8 Å². The van der Waals surface area contributed by atoms with Crippen LogP contribution < -0.4 is 5.32 Å². The van der Waals surface area contributed by atoms with Gasteiger partial charge in [0.2, 0.25) is 0 Å². The number of carboxylic acids is 1. The van der Waals surface area contributed by atoms with Crippen LogP contribution in [0.5, 0.6) is 0 Å². The number of carbonyl (C=O) groups excluding carboxylic acids is 1. The van der Waals surface area contributed by atoms with Crippen molar-refractivity contribution in [3.8, 4) is 0 Å². The lowest BCUT2D eigenvalue weighted by Gasteiger charge is -2.01. The Hall–Kier alpha value is -1.91. The summed E-state index contributed by atoms with van der Waals surface area (Å²) in [5.74, 6) is -1.29. The molecule has 1 aromatic heterocycles. The van der Waals surface area contributed by atoms with Crippen molar-refractivity contribution in [2.24, 2.45) is 0 Å². The van der Waals surface area contributed by atoms with Crippen molar-refractivity contribution in [2.75, 3.05) is 6.54 Å². The number of amides is 1. The zero-order valence-corrected chi connectivity index (χ0v) is 7.43. The van der Waals surface area contributed by atoms with Crippen molar-refractivity contribution < 1.29 is 14.7 Å². The van der Waals surface area contributed by atoms with Gasteiger partial charge >= 0.3 is 5.97 Å². The van der Waals surface area contributed by atoms with E-state index >= 15 is 0 Å². The molecule has 1 aromatic rings. The fourth-order valence-corrected chi connectivity index (χ4v) is 0.871. The fourth-order valence-electron chi connectivity index (χ4n) is 0.871. The topological polar surface area (TPSA) is 79.3 Å². The Morgan fingerprint density at radius 3 is 2.79 bits per heavy atom. The van der Waals surface area contributed by atoms with E-state index in [9.17, 15) is 9.59 Å². The Bertz CT molecular complexity index is 324. The molecule has 5 heteroatoms.